The topological polar surface area (TPSA) is 12.5 Å². The third-order valence-electron chi connectivity index (χ3n) is 1.95. The summed E-state index contributed by atoms with van der Waals surface area (Å²) < 4.78 is 5.58. The van der Waals surface area contributed by atoms with Crippen LogP contribution in [0.15, 0.2) is 48.3 Å². The zero-order valence-corrected chi connectivity index (χ0v) is 8.86. The van der Waals surface area contributed by atoms with Crippen molar-refractivity contribution in [3.05, 3.63) is 48.3 Å². The van der Waals surface area contributed by atoms with E-state index in [0.717, 1.165) is 12.3 Å². The van der Waals surface area contributed by atoms with Crippen LogP contribution in [0.5, 0.6) is 0 Å². The van der Waals surface area contributed by atoms with Crippen LogP contribution in [0.1, 0.15) is 6.92 Å². The smallest absolute Gasteiger partial charge is 0.142 e. The van der Waals surface area contributed by atoms with E-state index >= 15 is 0 Å². The lowest BCUT2D eigenvalue weighted by molar-refractivity contribution is 0.0842. The van der Waals surface area contributed by atoms with Crippen LogP contribution >= 0.6 is 0 Å². The molecule has 0 amide bonds. The van der Waals surface area contributed by atoms with Crippen LogP contribution in [0.4, 0.5) is 0 Å². The Morgan fingerprint density at radius 1 is 1.43 bits per heavy atom. The van der Waals surface area contributed by atoms with Crippen LogP contribution in [-0.4, -0.2) is 25.2 Å². The monoisotopic (exact) mass is 191 g/mol. The summed E-state index contributed by atoms with van der Waals surface area (Å²) in [6, 6.07) is 0. The lowest BCUT2D eigenvalue weighted by Gasteiger charge is -2.25. The number of ether oxygens (including phenoxy) is 1. The predicted octanol–water partition coefficient (Wildman–Crippen LogP) is 2.48. The highest BCUT2D eigenvalue weighted by molar-refractivity contribution is 5.32. The highest BCUT2D eigenvalue weighted by atomic mass is 16.5. The van der Waals surface area contributed by atoms with E-state index in [9.17, 15) is 0 Å². The first-order valence-corrected chi connectivity index (χ1v) is 4.74. The molecule has 0 unspecified atom stereocenters. The van der Waals surface area contributed by atoms with Crippen molar-refractivity contribution in [1.82, 2.24) is 4.90 Å². The number of hydrogen-bond donors (Lipinski definition) is 0. The molecule has 0 radical (unpaired) electrons. The van der Waals surface area contributed by atoms with E-state index in [1.807, 2.05) is 32.2 Å². The van der Waals surface area contributed by atoms with Crippen LogP contribution in [-0.2, 0) is 4.74 Å². The van der Waals surface area contributed by atoms with Crippen molar-refractivity contribution >= 4 is 0 Å². The maximum atomic E-state index is 5.58. The highest BCUT2D eigenvalue weighted by Gasteiger charge is 2.12. The Hall–Kier alpha value is -1.28. The van der Waals surface area contributed by atoms with Gasteiger partial charge in [0.1, 0.15) is 12.5 Å². The molecule has 1 rings (SSSR count). The van der Waals surface area contributed by atoms with Crippen molar-refractivity contribution in [2.45, 2.75) is 6.92 Å². The van der Waals surface area contributed by atoms with E-state index < -0.39 is 0 Å². The van der Waals surface area contributed by atoms with Gasteiger partial charge in [-0.15, -0.1) is 0 Å². The van der Waals surface area contributed by atoms with Gasteiger partial charge in [0, 0.05) is 12.1 Å². The minimum atomic E-state index is 0.651. The molecule has 0 saturated carbocycles. The van der Waals surface area contributed by atoms with E-state index in [-0.39, 0.29) is 0 Å². The van der Waals surface area contributed by atoms with Crippen molar-refractivity contribution in [3.63, 3.8) is 0 Å². The van der Waals surface area contributed by atoms with Gasteiger partial charge in [-0.1, -0.05) is 30.9 Å². The van der Waals surface area contributed by atoms with Gasteiger partial charge >= 0.3 is 0 Å². The molecule has 2 heteroatoms. The van der Waals surface area contributed by atoms with Crippen LogP contribution in [0.2, 0.25) is 0 Å². The molecule has 0 aromatic carbocycles. The summed E-state index contributed by atoms with van der Waals surface area (Å²) in [6.07, 6.45) is 9.71. The summed E-state index contributed by atoms with van der Waals surface area (Å²) in [7, 11) is 2.04. The summed E-state index contributed by atoms with van der Waals surface area (Å²) in [5.41, 5.74) is 1.21. The Balaban J connectivity index is 2.87. The molecule has 0 aromatic rings. The molecule has 1 heterocycles. The van der Waals surface area contributed by atoms with Crippen LogP contribution in [0.3, 0.4) is 0 Å². The molecule has 0 bridgehead atoms. The van der Waals surface area contributed by atoms with E-state index in [1.54, 1.807) is 6.08 Å². The lowest BCUT2D eigenvalue weighted by Crippen LogP contribution is -2.28. The third kappa shape index (κ3) is 2.89. The fourth-order valence-electron chi connectivity index (χ4n) is 1.33. The van der Waals surface area contributed by atoms with Gasteiger partial charge in [0.05, 0.1) is 0 Å². The second-order valence-electron chi connectivity index (χ2n) is 3.27. The maximum absolute atomic E-state index is 5.58. The van der Waals surface area contributed by atoms with Gasteiger partial charge in [0.15, 0.2) is 0 Å². The Bertz CT molecular complexity index is 287. The zero-order valence-electron chi connectivity index (χ0n) is 8.86. The molecule has 0 spiro atoms. The Morgan fingerprint density at radius 2 is 2.21 bits per heavy atom. The molecular formula is C12H17NO. The zero-order chi connectivity index (χ0) is 10.4. The summed E-state index contributed by atoms with van der Waals surface area (Å²) in [6.45, 7) is 7.23. The van der Waals surface area contributed by atoms with Gasteiger partial charge in [-0.3, -0.25) is 4.90 Å². The first-order chi connectivity index (χ1) is 6.77. The lowest BCUT2D eigenvalue weighted by atomic mass is 10.1. The van der Waals surface area contributed by atoms with Gasteiger partial charge < -0.3 is 4.74 Å². The number of allylic oxidation sites excluding steroid dienone is 4. The quantitative estimate of drug-likeness (QED) is 0.635. The average Bonchev–Trinajstić information content (AvgIpc) is 2.17. The minimum Gasteiger partial charge on any atom is -0.478 e. The largest absolute Gasteiger partial charge is 0.478 e. The van der Waals surface area contributed by atoms with E-state index in [4.69, 9.17) is 4.74 Å². The molecule has 1 aliphatic heterocycles. The molecule has 0 saturated heterocycles. The Kier molecular flexibility index (Phi) is 4.20. The number of hydrogen-bond acceptors (Lipinski definition) is 2. The van der Waals surface area contributed by atoms with Crippen molar-refractivity contribution in [3.8, 4) is 0 Å². The fraction of sp³-hybridized carbons (Fsp3) is 0.333. The van der Waals surface area contributed by atoms with Gasteiger partial charge in [-0.25, -0.2) is 0 Å². The van der Waals surface area contributed by atoms with Crippen molar-refractivity contribution in [2.24, 2.45) is 0 Å². The van der Waals surface area contributed by atoms with Crippen molar-refractivity contribution in [2.75, 3.05) is 20.3 Å². The standard InChI is InChI=1S/C12H17NO/c1-4-6-8-12-11(7-5-2)9-13(3)10-14-12/h4-8H,1,9-10H2,2-3H3/b7-5-,8-6-. The molecule has 0 atom stereocenters. The maximum Gasteiger partial charge on any atom is 0.142 e. The summed E-state index contributed by atoms with van der Waals surface area (Å²) in [5.74, 6) is 0.945. The Morgan fingerprint density at radius 3 is 2.86 bits per heavy atom. The minimum absolute atomic E-state index is 0.651. The molecule has 76 valence electrons. The Labute approximate surface area is 85.9 Å². The molecule has 0 aliphatic carbocycles. The summed E-state index contributed by atoms with van der Waals surface area (Å²) in [4.78, 5) is 2.13. The predicted molar refractivity (Wildman–Crippen MR) is 59.8 cm³/mol. The number of nitrogens with zero attached hydrogens (tertiary/aromatic N) is 1. The number of likely N-dealkylation sites (N-methyl/N-ethyl adjacent to an activating group) is 1. The molecular weight excluding hydrogens is 174 g/mol. The summed E-state index contributed by atoms with van der Waals surface area (Å²) >= 11 is 0. The highest BCUT2D eigenvalue weighted by Crippen LogP contribution is 2.16. The molecule has 0 fully saturated rings. The second kappa shape index (κ2) is 5.45. The summed E-state index contributed by atoms with van der Waals surface area (Å²) in [5, 5.41) is 0. The second-order valence-corrected chi connectivity index (χ2v) is 3.27. The van der Waals surface area contributed by atoms with Gasteiger partial charge in [-0.05, 0) is 20.0 Å². The molecule has 0 N–H and O–H groups in total. The third-order valence-corrected chi connectivity index (χ3v) is 1.95. The number of rotatable bonds is 3. The normalized spacial score (nSPS) is 19.3. The first-order valence-electron chi connectivity index (χ1n) is 4.74. The fourth-order valence-corrected chi connectivity index (χ4v) is 1.33. The van der Waals surface area contributed by atoms with E-state index in [1.165, 1.54) is 5.57 Å². The van der Waals surface area contributed by atoms with Crippen molar-refractivity contribution in [1.29, 1.82) is 0 Å². The first kappa shape index (κ1) is 10.8. The van der Waals surface area contributed by atoms with E-state index in [2.05, 4.69) is 17.6 Å². The SMILES string of the molecule is C=C/C=C\C1=C(/C=C\C)CN(C)CO1. The van der Waals surface area contributed by atoms with Crippen molar-refractivity contribution < 1.29 is 4.74 Å². The molecule has 2 nitrogen and oxygen atoms in total. The van der Waals surface area contributed by atoms with Crippen LogP contribution < -0.4 is 0 Å². The molecule has 1 aliphatic rings. The molecule has 14 heavy (non-hydrogen) atoms. The average molecular weight is 191 g/mol. The van der Waals surface area contributed by atoms with E-state index in [0.29, 0.717) is 6.73 Å². The van der Waals surface area contributed by atoms with Gasteiger partial charge in [-0.2, -0.15) is 0 Å². The van der Waals surface area contributed by atoms with Crippen LogP contribution in [0, 0.1) is 0 Å². The van der Waals surface area contributed by atoms with Gasteiger partial charge in [0.2, 0.25) is 0 Å². The van der Waals surface area contributed by atoms with Crippen LogP contribution in [0.25, 0.3) is 0 Å². The molecule has 0 aromatic heterocycles. The van der Waals surface area contributed by atoms with Gasteiger partial charge in [0.25, 0.3) is 0 Å².